The molecule has 1 aliphatic heterocycles. The second-order valence-corrected chi connectivity index (χ2v) is 4.26. The third-order valence-electron chi connectivity index (χ3n) is 2.99. The van der Waals surface area contributed by atoms with Gasteiger partial charge in [-0.1, -0.05) is 6.92 Å². The highest BCUT2D eigenvalue weighted by Crippen LogP contribution is 2.17. The zero-order valence-corrected chi connectivity index (χ0v) is 9.74. The lowest BCUT2D eigenvalue weighted by atomic mass is 9.98. The number of amides is 1. The molecular weight excluding hydrogens is 192 g/mol. The number of rotatable bonds is 4. The lowest BCUT2D eigenvalue weighted by molar-refractivity contribution is -0.134. The monoisotopic (exact) mass is 214 g/mol. The van der Waals surface area contributed by atoms with Crippen LogP contribution in [0.25, 0.3) is 0 Å². The average Bonchev–Trinajstić information content (AvgIpc) is 2.28. The third kappa shape index (κ3) is 3.47. The number of carbonyl (C=O) groups excluding carboxylic acids is 1. The predicted molar refractivity (Wildman–Crippen MR) is 59.4 cm³/mol. The van der Waals surface area contributed by atoms with E-state index < -0.39 is 0 Å². The fourth-order valence-corrected chi connectivity index (χ4v) is 2.05. The van der Waals surface area contributed by atoms with Crippen LogP contribution in [0.15, 0.2) is 0 Å². The van der Waals surface area contributed by atoms with Crippen LogP contribution in [0.2, 0.25) is 0 Å². The van der Waals surface area contributed by atoms with Crippen molar-refractivity contribution < 1.29 is 9.53 Å². The highest BCUT2D eigenvalue weighted by molar-refractivity contribution is 5.81. The molecule has 0 aromatic rings. The van der Waals surface area contributed by atoms with Crippen LogP contribution in [-0.4, -0.2) is 43.7 Å². The number of ether oxygens (including phenoxy) is 1. The summed E-state index contributed by atoms with van der Waals surface area (Å²) in [6.45, 7) is 4.34. The molecule has 1 rings (SSSR count). The van der Waals surface area contributed by atoms with Gasteiger partial charge < -0.3 is 15.4 Å². The number of piperidine rings is 1. The number of nitrogens with two attached hydrogens (primary N) is 1. The predicted octanol–water partition coefficient (Wildman–Crippen LogP) is 0.609. The van der Waals surface area contributed by atoms with Crippen LogP contribution in [0.3, 0.4) is 0 Å². The van der Waals surface area contributed by atoms with Gasteiger partial charge in [-0.3, -0.25) is 4.79 Å². The minimum Gasteiger partial charge on any atom is -0.384 e. The molecule has 1 saturated heterocycles. The van der Waals surface area contributed by atoms with Crippen LogP contribution >= 0.6 is 0 Å². The van der Waals surface area contributed by atoms with Crippen LogP contribution in [0.5, 0.6) is 0 Å². The third-order valence-corrected chi connectivity index (χ3v) is 2.99. The van der Waals surface area contributed by atoms with Crippen molar-refractivity contribution in [3.63, 3.8) is 0 Å². The Balaban J connectivity index is 2.44. The first-order chi connectivity index (χ1) is 7.19. The van der Waals surface area contributed by atoms with Gasteiger partial charge in [0.05, 0.1) is 12.6 Å². The molecule has 0 spiro atoms. The van der Waals surface area contributed by atoms with Crippen LogP contribution in [0, 0.1) is 5.92 Å². The highest BCUT2D eigenvalue weighted by atomic mass is 16.5. The number of hydrogen-bond acceptors (Lipinski definition) is 3. The fourth-order valence-electron chi connectivity index (χ4n) is 2.05. The molecule has 2 N–H and O–H groups in total. The van der Waals surface area contributed by atoms with E-state index in [4.69, 9.17) is 10.5 Å². The maximum Gasteiger partial charge on any atom is 0.239 e. The van der Waals surface area contributed by atoms with Gasteiger partial charge in [0, 0.05) is 20.2 Å². The van der Waals surface area contributed by atoms with Gasteiger partial charge in [0.1, 0.15) is 0 Å². The number of hydrogen-bond donors (Lipinski definition) is 1. The number of carbonyl (C=O) groups is 1. The Morgan fingerprint density at radius 1 is 1.67 bits per heavy atom. The lowest BCUT2D eigenvalue weighted by Crippen LogP contribution is -2.48. The van der Waals surface area contributed by atoms with Crippen LogP contribution in [0.1, 0.15) is 26.2 Å². The molecule has 0 radical (unpaired) electrons. The van der Waals surface area contributed by atoms with E-state index in [2.05, 4.69) is 0 Å². The summed E-state index contributed by atoms with van der Waals surface area (Å²) in [5, 5.41) is 0. The van der Waals surface area contributed by atoms with E-state index in [1.807, 2.05) is 11.8 Å². The number of likely N-dealkylation sites (tertiary alicyclic amines) is 1. The maximum atomic E-state index is 11.8. The van der Waals surface area contributed by atoms with Gasteiger partial charge in [-0.2, -0.15) is 0 Å². The summed E-state index contributed by atoms with van der Waals surface area (Å²) in [6, 6.07) is -0.328. The standard InChI is InChI=1S/C11H22N2O2/c1-3-10(12)11(14)13-6-4-5-9(7-13)8-15-2/h9-10H,3-8,12H2,1-2H3/t9?,10-/m1/s1. The summed E-state index contributed by atoms with van der Waals surface area (Å²) in [6.07, 6.45) is 2.93. The van der Waals surface area contributed by atoms with Crippen molar-refractivity contribution in [3.05, 3.63) is 0 Å². The van der Waals surface area contributed by atoms with Gasteiger partial charge in [0.25, 0.3) is 0 Å². The molecule has 88 valence electrons. The van der Waals surface area contributed by atoms with Crippen LogP contribution in [-0.2, 0) is 9.53 Å². The molecule has 1 fully saturated rings. The molecule has 0 aliphatic carbocycles. The van der Waals surface area contributed by atoms with E-state index in [1.54, 1.807) is 7.11 Å². The van der Waals surface area contributed by atoms with E-state index in [0.717, 1.165) is 32.5 Å². The molecule has 15 heavy (non-hydrogen) atoms. The van der Waals surface area contributed by atoms with Crippen molar-refractivity contribution in [2.45, 2.75) is 32.2 Å². The summed E-state index contributed by atoms with van der Waals surface area (Å²) in [7, 11) is 1.71. The molecule has 0 aromatic heterocycles. The van der Waals surface area contributed by atoms with Crippen molar-refractivity contribution in [1.82, 2.24) is 4.90 Å². The van der Waals surface area contributed by atoms with E-state index >= 15 is 0 Å². The average molecular weight is 214 g/mol. The fraction of sp³-hybridized carbons (Fsp3) is 0.909. The van der Waals surface area contributed by atoms with Gasteiger partial charge in [0.2, 0.25) is 5.91 Å². The van der Waals surface area contributed by atoms with E-state index in [9.17, 15) is 4.79 Å². The SMILES string of the molecule is CC[C@@H](N)C(=O)N1CCCC(COC)C1. The molecule has 2 atom stereocenters. The van der Waals surface area contributed by atoms with E-state index in [1.165, 1.54) is 0 Å². The molecule has 1 unspecified atom stereocenters. The van der Waals surface area contributed by atoms with Crippen molar-refractivity contribution in [2.24, 2.45) is 11.7 Å². The lowest BCUT2D eigenvalue weighted by Gasteiger charge is -2.33. The van der Waals surface area contributed by atoms with Crippen LogP contribution in [0.4, 0.5) is 0 Å². The minimum absolute atomic E-state index is 0.0957. The van der Waals surface area contributed by atoms with Crippen LogP contribution < -0.4 is 5.73 Å². The van der Waals surface area contributed by atoms with Crippen molar-refractivity contribution in [1.29, 1.82) is 0 Å². The molecule has 1 aliphatic rings. The molecular formula is C11H22N2O2. The molecule has 1 heterocycles. The second kappa shape index (κ2) is 6.08. The largest absolute Gasteiger partial charge is 0.384 e. The first-order valence-corrected chi connectivity index (χ1v) is 5.72. The first kappa shape index (κ1) is 12.5. The molecule has 0 bridgehead atoms. The summed E-state index contributed by atoms with van der Waals surface area (Å²) in [4.78, 5) is 13.7. The van der Waals surface area contributed by atoms with Gasteiger partial charge in [-0.25, -0.2) is 0 Å². The summed E-state index contributed by atoms with van der Waals surface area (Å²) >= 11 is 0. The van der Waals surface area contributed by atoms with E-state index in [-0.39, 0.29) is 11.9 Å². The van der Waals surface area contributed by atoms with Gasteiger partial charge in [-0.15, -0.1) is 0 Å². The second-order valence-electron chi connectivity index (χ2n) is 4.26. The number of nitrogens with zero attached hydrogens (tertiary/aromatic N) is 1. The van der Waals surface area contributed by atoms with Crippen molar-refractivity contribution in [3.8, 4) is 0 Å². The zero-order chi connectivity index (χ0) is 11.3. The van der Waals surface area contributed by atoms with Crippen molar-refractivity contribution in [2.75, 3.05) is 26.8 Å². The minimum atomic E-state index is -0.328. The Bertz CT molecular complexity index is 207. The van der Waals surface area contributed by atoms with Crippen molar-refractivity contribution >= 4 is 5.91 Å². The van der Waals surface area contributed by atoms with Gasteiger partial charge in [-0.05, 0) is 25.2 Å². The normalized spacial score (nSPS) is 23.9. The quantitative estimate of drug-likeness (QED) is 0.746. The first-order valence-electron chi connectivity index (χ1n) is 5.72. The Morgan fingerprint density at radius 2 is 2.40 bits per heavy atom. The topological polar surface area (TPSA) is 55.6 Å². The Hall–Kier alpha value is -0.610. The Labute approximate surface area is 91.8 Å². The number of methoxy groups -OCH3 is 1. The Morgan fingerprint density at radius 3 is 3.00 bits per heavy atom. The highest BCUT2D eigenvalue weighted by Gasteiger charge is 2.25. The maximum absolute atomic E-state index is 11.8. The molecule has 4 nitrogen and oxygen atoms in total. The smallest absolute Gasteiger partial charge is 0.239 e. The zero-order valence-electron chi connectivity index (χ0n) is 9.74. The summed E-state index contributed by atoms with van der Waals surface area (Å²) in [5.41, 5.74) is 5.74. The van der Waals surface area contributed by atoms with Gasteiger partial charge in [0.15, 0.2) is 0 Å². The molecule has 4 heteroatoms. The molecule has 0 aromatic carbocycles. The van der Waals surface area contributed by atoms with E-state index in [0.29, 0.717) is 12.3 Å². The van der Waals surface area contributed by atoms with Gasteiger partial charge >= 0.3 is 0 Å². The molecule has 1 amide bonds. The summed E-state index contributed by atoms with van der Waals surface area (Å²) in [5.74, 6) is 0.579. The molecule has 0 saturated carbocycles. The summed E-state index contributed by atoms with van der Waals surface area (Å²) < 4.78 is 5.13. The Kier molecular flexibility index (Phi) is 5.05.